The standard InChI is InChI=1S/C13H18N2O3.C2HF3O2/c1-17-11-7-10(8-12(9-11)18-2)13(16)15-5-3-14-4-6-15;3-2(4,5)1(6)7/h7-9,14H,3-6H2,1-2H3;(H,6,7). The first-order chi connectivity index (χ1) is 11.7. The maximum Gasteiger partial charge on any atom is 0.490 e. The molecule has 0 radical (unpaired) electrons. The highest BCUT2D eigenvalue weighted by atomic mass is 19.4. The van der Waals surface area contributed by atoms with Crippen molar-refractivity contribution in [2.24, 2.45) is 0 Å². The van der Waals surface area contributed by atoms with Gasteiger partial charge in [0.1, 0.15) is 11.5 Å². The fourth-order valence-electron chi connectivity index (χ4n) is 1.98. The molecule has 2 rings (SSSR count). The van der Waals surface area contributed by atoms with Gasteiger partial charge in [-0.1, -0.05) is 0 Å². The van der Waals surface area contributed by atoms with Gasteiger partial charge in [-0.2, -0.15) is 13.2 Å². The van der Waals surface area contributed by atoms with Crippen LogP contribution in [0, 0.1) is 0 Å². The van der Waals surface area contributed by atoms with Crippen molar-refractivity contribution < 1.29 is 37.3 Å². The third-order valence-corrected chi connectivity index (χ3v) is 3.25. The molecule has 1 amide bonds. The van der Waals surface area contributed by atoms with Crippen molar-refractivity contribution in [2.75, 3.05) is 40.4 Å². The molecule has 0 aromatic heterocycles. The van der Waals surface area contributed by atoms with E-state index in [0.29, 0.717) is 17.1 Å². The Morgan fingerprint density at radius 2 is 1.52 bits per heavy atom. The summed E-state index contributed by atoms with van der Waals surface area (Å²) in [5.74, 6) is -1.47. The molecule has 1 aromatic carbocycles. The zero-order valence-electron chi connectivity index (χ0n) is 13.7. The van der Waals surface area contributed by atoms with Gasteiger partial charge in [-0.3, -0.25) is 4.79 Å². The zero-order valence-corrected chi connectivity index (χ0v) is 13.7. The summed E-state index contributed by atoms with van der Waals surface area (Å²) in [7, 11) is 3.15. The fraction of sp³-hybridized carbons (Fsp3) is 0.467. The van der Waals surface area contributed by atoms with Crippen LogP contribution in [0.5, 0.6) is 11.5 Å². The minimum Gasteiger partial charge on any atom is -0.497 e. The Hall–Kier alpha value is -2.49. The summed E-state index contributed by atoms with van der Waals surface area (Å²) in [6, 6.07) is 5.24. The SMILES string of the molecule is COc1cc(OC)cc(C(=O)N2CCNCC2)c1.O=C(O)C(F)(F)F. The molecule has 1 aliphatic rings. The van der Waals surface area contributed by atoms with Crippen LogP contribution in [0.4, 0.5) is 13.2 Å². The van der Waals surface area contributed by atoms with Gasteiger partial charge in [-0.05, 0) is 12.1 Å². The highest BCUT2D eigenvalue weighted by molar-refractivity contribution is 5.95. The minimum absolute atomic E-state index is 0.0219. The van der Waals surface area contributed by atoms with Gasteiger partial charge in [-0.15, -0.1) is 0 Å². The lowest BCUT2D eigenvalue weighted by Crippen LogP contribution is -2.46. The van der Waals surface area contributed by atoms with Crippen molar-refractivity contribution in [2.45, 2.75) is 6.18 Å². The van der Waals surface area contributed by atoms with Crippen LogP contribution in [-0.4, -0.2) is 68.5 Å². The number of carboxylic acid groups (broad SMARTS) is 1. The first kappa shape index (κ1) is 20.6. The van der Waals surface area contributed by atoms with E-state index in [2.05, 4.69) is 5.32 Å². The number of methoxy groups -OCH3 is 2. The number of ether oxygens (including phenoxy) is 2. The smallest absolute Gasteiger partial charge is 0.490 e. The molecule has 25 heavy (non-hydrogen) atoms. The van der Waals surface area contributed by atoms with Crippen LogP contribution in [0.25, 0.3) is 0 Å². The Balaban J connectivity index is 0.000000381. The molecule has 0 saturated carbocycles. The summed E-state index contributed by atoms with van der Waals surface area (Å²) >= 11 is 0. The van der Waals surface area contributed by atoms with Gasteiger partial charge in [0, 0.05) is 37.8 Å². The molecule has 7 nitrogen and oxygen atoms in total. The van der Waals surface area contributed by atoms with Crippen LogP contribution < -0.4 is 14.8 Å². The Morgan fingerprint density at radius 1 is 1.08 bits per heavy atom. The van der Waals surface area contributed by atoms with Crippen molar-refractivity contribution in [3.05, 3.63) is 23.8 Å². The number of amides is 1. The molecule has 0 spiro atoms. The molecule has 0 atom stereocenters. The second kappa shape index (κ2) is 9.11. The lowest BCUT2D eigenvalue weighted by molar-refractivity contribution is -0.192. The fourth-order valence-corrected chi connectivity index (χ4v) is 1.98. The van der Waals surface area contributed by atoms with Gasteiger partial charge in [0.05, 0.1) is 14.2 Å². The summed E-state index contributed by atoms with van der Waals surface area (Å²) in [5, 5.41) is 10.3. The number of nitrogens with zero attached hydrogens (tertiary/aromatic N) is 1. The molecular formula is C15H19F3N2O5. The Bertz CT molecular complexity index is 579. The molecule has 1 saturated heterocycles. The normalized spacial score (nSPS) is 14.2. The number of benzene rings is 1. The van der Waals surface area contributed by atoms with E-state index in [4.69, 9.17) is 19.4 Å². The van der Waals surface area contributed by atoms with E-state index >= 15 is 0 Å². The predicted octanol–water partition coefficient (Wildman–Crippen LogP) is 1.38. The Kier molecular flexibility index (Phi) is 7.49. The lowest BCUT2D eigenvalue weighted by Gasteiger charge is -2.27. The monoisotopic (exact) mass is 364 g/mol. The van der Waals surface area contributed by atoms with Gasteiger partial charge in [0.15, 0.2) is 0 Å². The van der Waals surface area contributed by atoms with E-state index in [-0.39, 0.29) is 5.91 Å². The van der Waals surface area contributed by atoms with Crippen LogP contribution in [0.2, 0.25) is 0 Å². The molecule has 0 aliphatic carbocycles. The number of rotatable bonds is 3. The van der Waals surface area contributed by atoms with E-state index in [9.17, 15) is 18.0 Å². The van der Waals surface area contributed by atoms with Crippen molar-refractivity contribution >= 4 is 11.9 Å². The van der Waals surface area contributed by atoms with Gasteiger partial charge in [-0.25, -0.2) is 4.79 Å². The number of piperazine rings is 1. The van der Waals surface area contributed by atoms with Crippen LogP contribution in [0.15, 0.2) is 18.2 Å². The number of carboxylic acids is 1. The van der Waals surface area contributed by atoms with Crippen LogP contribution in [0.3, 0.4) is 0 Å². The summed E-state index contributed by atoms with van der Waals surface area (Å²) in [4.78, 5) is 23.1. The number of carbonyl (C=O) groups is 2. The van der Waals surface area contributed by atoms with Crippen molar-refractivity contribution in [1.29, 1.82) is 0 Å². The highest BCUT2D eigenvalue weighted by Gasteiger charge is 2.38. The maximum atomic E-state index is 12.3. The topological polar surface area (TPSA) is 88.1 Å². The summed E-state index contributed by atoms with van der Waals surface area (Å²) in [5.41, 5.74) is 0.605. The Morgan fingerprint density at radius 3 is 1.88 bits per heavy atom. The second-order valence-corrected chi connectivity index (χ2v) is 4.95. The zero-order chi connectivity index (χ0) is 19.0. The molecule has 10 heteroatoms. The highest BCUT2D eigenvalue weighted by Crippen LogP contribution is 2.23. The van der Waals surface area contributed by atoms with Gasteiger partial charge in [0.25, 0.3) is 5.91 Å². The van der Waals surface area contributed by atoms with E-state index < -0.39 is 12.1 Å². The van der Waals surface area contributed by atoms with Crippen LogP contribution in [-0.2, 0) is 4.79 Å². The largest absolute Gasteiger partial charge is 0.497 e. The van der Waals surface area contributed by atoms with E-state index in [1.807, 2.05) is 4.90 Å². The second-order valence-electron chi connectivity index (χ2n) is 4.95. The molecule has 0 bridgehead atoms. The van der Waals surface area contributed by atoms with Crippen molar-refractivity contribution in [1.82, 2.24) is 10.2 Å². The van der Waals surface area contributed by atoms with Crippen molar-refractivity contribution in [3.8, 4) is 11.5 Å². The average molecular weight is 364 g/mol. The van der Waals surface area contributed by atoms with E-state index in [1.54, 1.807) is 32.4 Å². The summed E-state index contributed by atoms with van der Waals surface area (Å²) in [6.45, 7) is 3.15. The van der Waals surface area contributed by atoms with Crippen molar-refractivity contribution in [3.63, 3.8) is 0 Å². The lowest BCUT2D eigenvalue weighted by atomic mass is 10.1. The quantitative estimate of drug-likeness (QED) is 0.843. The molecule has 1 heterocycles. The van der Waals surface area contributed by atoms with E-state index in [0.717, 1.165) is 26.2 Å². The number of halogens is 3. The molecular weight excluding hydrogens is 345 g/mol. The van der Waals surface area contributed by atoms with Gasteiger partial charge in [0.2, 0.25) is 0 Å². The minimum atomic E-state index is -5.08. The van der Waals surface area contributed by atoms with E-state index in [1.165, 1.54) is 0 Å². The molecule has 1 aromatic rings. The predicted molar refractivity (Wildman–Crippen MR) is 82.0 cm³/mol. The average Bonchev–Trinajstić information content (AvgIpc) is 2.61. The first-order valence-corrected chi connectivity index (χ1v) is 7.22. The number of alkyl halides is 3. The molecule has 1 aliphatic heterocycles. The number of hydrogen-bond acceptors (Lipinski definition) is 5. The third kappa shape index (κ3) is 6.49. The number of aliphatic carboxylic acids is 1. The van der Waals surface area contributed by atoms with Crippen LogP contribution >= 0.6 is 0 Å². The molecule has 2 N–H and O–H groups in total. The van der Waals surface area contributed by atoms with Gasteiger partial charge < -0.3 is 24.8 Å². The first-order valence-electron chi connectivity index (χ1n) is 7.22. The molecule has 0 unspecified atom stereocenters. The molecule has 140 valence electrons. The third-order valence-electron chi connectivity index (χ3n) is 3.25. The Labute approximate surface area is 142 Å². The van der Waals surface area contributed by atoms with Crippen LogP contribution in [0.1, 0.15) is 10.4 Å². The number of nitrogens with one attached hydrogen (secondary N) is 1. The summed E-state index contributed by atoms with van der Waals surface area (Å²) in [6.07, 6.45) is -5.08. The molecule has 1 fully saturated rings. The maximum absolute atomic E-state index is 12.3. The van der Waals surface area contributed by atoms with Gasteiger partial charge >= 0.3 is 12.1 Å². The number of hydrogen-bond donors (Lipinski definition) is 2. The summed E-state index contributed by atoms with van der Waals surface area (Å²) < 4.78 is 42.1. The number of carbonyl (C=O) groups excluding carboxylic acids is 1.